The van der Waals surface area contributed by atoms with Crippen LogP contribution in [0.2, 0.25) is 0 Å². The van der Waals surface area contributed by atoms with Gasteiger partial charge in [0, 0.05) is 12.3 Å². The molecule has 1 saturated heterocycles. The number of hydrogen-bond acceptors (Lipinski definition) is 4. The van der Waals surface area contributed by atoms with Crippen molar-refractivity contribution in [2.24, 2.45) is 0 Å². The molecule has 1 heterocycles. The molecule has 1 aliphatic heterocycles. The van der Waals surface area contributed by atoms with Crippen LogP contribution in [0.5, 0.6) is 0 Å². The van der Waals surface area contributed by atoms with Crippen LogP contribution in [-0.2, 0) is 25.5 Å². The number of esters is 1. The molecular weight excluding hydrogens is 282 g/mol. The third-order valence-electron chi connectivity index (χ3n) is 3.59. The number of carbonyl (C=O) groups is 2. The minimum atomic E-state index is -0.509. The van der Waals surface area contributed by atoms with Gasteiger partial charge in [-0.15, -0.1) is 0 Å². The van der Waals surface area contributed by atoms with Crippen LogP contribution >= 0.6 is 0 Å². The molecule has 1 atom stereocenters. The number of hydrogen-bond donors (Lipinski definition) is 1. The van der Waals surface area contributed by atoms with Gasteiger partial charge in [-0.3, -0.25) is 4.79 Å². The summed E-state index contributed by atoms with van der Waals surface area (Å²) < 4.78 is 10.2. The minimum absolute atomic E-state index is 0.281. The predicted molar refractivity (Wildman–Crippen MR) is 83.6 cm³/mol. The Bertz CT molecular complexity index is 492. The van der Waals surface area contributed by atoms with Gasteiger partial charge in [-0.1, -0.05) is 25.5 Å². The highest BCUT2D eigenvalue weighted by molar-refractivity contribution is 5.93. The minimum Gasteiger partial charge on any atom is -0.454 e. The maximum Gasteiger partial charge on any atom is 0.335 e. The Balaban J connectivity index is 1.73. The number of ether oxygens (including phenoxy) is 2. The topological polar surface area (TPSA) is 64.6 Å². The lowest BCUT2D eigenvalue weighted by molar-refractivity contribution is -0.156. The van der Waals surface area contributed by atoms with Crippen LogP contribution in [0.1, 0.15) is 38.2 Å². The summed E-state index contributed by atoms with van der Waals surface area (Å²) in [6, 6.07) is 7.74. The third kappa shape index (κ3) is 5.15. The molecule has 5 heteroatoms. The number of amides is 1. The normalized spacial score (nSPS) is 17.2. The van der Waals surface area contributed by atoms with Crippen molar-refractivity contribution in [1.82, 2.24) is 0 Å². The molecule has 0 saturated carbocycles. The zero-order chi connectivity index (χ0) is 15.8. The van der Waals surface area contributed by atoms with Gasteiger partial charge in [-0.2, -0.15) is 0 Å². The number of rotatable bonds is 7. The summed E-state index contributed by atoms with van der Waals surface area (Å²) in [5.74, 6) is -0.796. The van der Waals surface area contributed by atoms with Crippen LogP contribution in [0.15, 0.2) is 24.3 Å². The molecule has 1 amide bonds. The number of anilines is 1. The summed E-state index contributed by atoms with van der Waals surface area (Å²) >= 11 is 0. The second-order valence-corrected chi connectivity index (χ2v) is 5.46. The largest absolute Gasteiger partial charge is 0.454 e. The zero-order valence-electron chi connectivity index (χ0n) is 13.0. The van der Waals surface area contributed by atoms with Gasteiger partial charge in [0.05, 0.1) is 0 Å². The predicted octanol–water partition coefficient (Wildman–Crippen LogP) is 2.69. The number of nitrogens with one attached hydrogen (secondary N) is 1. The fourth-order valence-electron chi connectivity index (χ4n) is 2.33. The van der Waals surface area contributed by atoms with Crippen molar-refractivity contribution < 1.29 is 19.1 Å². The van der Waals surface area contributed by atoms with Crippen LogP contribution in [-0.4, -0.2) is 31.2 Å². The standard InChI is InChI=1S/C17H23NO4/c1-2-3-5-13-7-9-14(10-8-13)18-16(19)12-22-17(20)15-6-4-11-21-15/h7-10,15H,2-6,11-12H2,1H3,(H,18,19)/t15-/m1/s1. The Morgan fingerprint density at radius 2 is 2.09 bits per heavy atom. The second-order valence-electron chi connectivity index (χ2n) is 5.46. The smallest absolute Gasteiger partial charge is 0.335 e. The van der Waals surface area contributed by atoms with Crippen molar-refractivity contribution in [3.63, 3.8) is 0 Å². The van der Waals surface area contributed by atoms with E-state index in [1.165, 1.54) is 5.56 Å². The van der Waals surface area contributed by atoms with Gasteiger partial charge in [0.1, 0.15) is 0 Å². The van der Waals surface area contributed by atoms with Gasteiger partial charge >= 0.3 is 5.97 Å². The van der Waals surface area contributed by atoms with Gasteiger partial charge in [-0.25, -0.2) is 4.79 Å². The van der Waals surface area contributed by atoms with Crippen molar-refractivity contribution in [2.45, 2.75) is 45.1 Å². The first-order valence-corrected chi connectivity index (χ1v) is 7.86. The molecular formula is C17H23NO4. The molecule has 1 fully saturated rings. The molecule has 1 aromatic carbocycles. The van der Waals surface area contributed by atoms with Crippen molar-refractivity contribution in [1.29, 1.82) is 0 Å². The van der Waals surface area contributed by atoms with Crippen LogP contribution < -0.4 is 5.32 Å². The third-order valence-corrected chi connectivity index (χ3v) is 3.59. The Labute approximate surface area is 131 Å². The monoisotopic (exact) mass is 305 g/mol. The molecule has 0 spiro atoms. The summed E-state index contributed by atoms with van der Waals surface area (Å²) in [4.78, 5) is 23.4. The van der Waals surface area contributed by atoms with E-state index in [9.17, 15) is 9.59 Å². The second kappa shape index (κ2) is 8.54. The molecule has 0 aliphatic carbocycles. The molecule has 1 N–H and O–H groups in total. The molecule has 0 bridgehead atoms. The Morgan fingerprint density at radius 3 is 2.73 bits per heavy atom. The van der Waals surface area contributed by atoms with E-state index in [1.807, 2.05) is 24.3 Å². The Kier molecular flexibility index (Phi) is 6.40. The van der Waals surface area contributed by atoms with E-state index >= 15 is 0 Å². The number of aryl methyl sites for hydroxylation is 1. The lowest BCUT2D eigenvalue weighted by Gasteiger charge is -2.10. The molecule has 0 radical (unpaired) electrons. The van der Waals surface area contributed by atoms with E-state index in [2.05, 4.69) is 12.2 Å². The van der Waals surface area contributed by atoms with Crippen molar-refractivity contribution >= 4 is 17.6 Å². The SMILES string of the molecule is CCCCc1ccc(NC(=O)COC(=O)[C@H]2CCCO2)cc1. The molecule has 1 aromatic rings. The molecule has 22 heavy (non-hydrogen) atoms. The Morgan fingerprint density at radius 1 is 1.32 bits per heavy atom. The van der Waals surface area contributed by atoms with Crippen molar-refractivity contribution in [3.8, 4) is 0 Å². The molecule has 1 aliphatic rings. The average Bonchev–Trinajstić information content (AvgIpc) is 3.06. The Hall–Kier alpha value is -1.88. The van der Waals surface area contributed by atoms with E-state index in [0.29, 0.717) is 18.7 Å². The van der Waals surface area contributed by atoms with Crippen LogP contribution in [0.3, 0.4) is 0 Å². The molecule has 0 aromatic heterocycles. The molecule has 2 rings (SSSR count). The van der Waals surface area contributed by atoms with Crippen LogP contribution in [0.4, 0.5) is 5.69 Å². The summed E-state index contributed by atoms with van der Waals surface area (Å²) in [7, 11) is 0. The van der Waals surface area contributed by atoms with E-state index < -0.39 is 12.1 Å². The first-order chi connectivity index (χ1) is 10.7. The lowest BCUT2D eigenvalue weighted by Crippen LogP contribution is -2.27. The highest BCUT2D eigenvalue weighted by Gasteiger charge is 2.25. The van der Waals surface area contributed by atoms with E-state index in [1.54, 1.807) is 0 Å². The first-order valence-electron chi connectivity index (χ1n) is 7.86. The molecule has 120 valence electrons. The number of unbranched alkanes of at least 4 members (excludes halogenated alkanes) is 1. The molecule has 5 nitrogen and oxygen atoms in total. The van der Waals surface area contributed by atoms with Gasteiger partial charge in [0.2, 0.25) is 0 Å². The summed E-state index contributed by atoms with van der Waals surface area (Å²) in [5.41, 5.74) is 1.96. The van der Waals surface area contributed by atoms with Crippen LogP contribution in [0, 0.1) is 0 Å². The quantitative estimate of drug-likeness (QED) is 0.787. The van der Waals surface area contributed by atoms with Gasteiger partial charge in [0.25, 0.3) is 5.91 Å². The van der Waals surface area contributed by atoms with E-state index in [-0.39, 0.29) is 12.5 Å². The van der Waals surface area contributed by atoms with Crippen LogP contribution in [0.25, 0.3) is 0 Å². The number of benzene rings is 1. The molecule has 0 unspecified atom stereocenters. The van der Waals surface area contributed by atoms with E-state index in [4.69, 9.17) is 9.47 Å². The summed E-state index contributed by atoms with van der Waals surface area (Å²) in [5, 5.41) is 2.71. The van der Waals surface area contributed by atoms with Gasteiger partial charge < -0.3 is 14.8 Å². The van der Waals surface area contributed by atoms with Gasteiger partial charge in [0.15, 0.2) is 12.7 Å². The summed E-state index contributed by atoms with van der Waals surface area (Å²) in [6.07, 6.45) is 4.38. The highest BCUT2D eigenvalue weighted by Crippen LogP contribution is 2.14. The van der Waals surface area contributed by atoms with E-state index in [0.717, 1.165) is 25.7 Å². The zero-order valence-corrected chi connectivity index (χ0v) is 13.0. The summed E-state index contributed by atoms with van der Waals surface area (Å²) in [6.45, 7) is 2.46. The maximum atomic E-state index is 11.8. The lowest BCUT2D eigenvalue weighted by atomic mass is 10.1. The average molecular weight is 305 g/mol. The first kappa shape index (κ1) is 16.5. The number of carbonyl (C=O) groups excluding carboxylic acids is 2. The highest BCUT2D eigenvalue weighted by atomic mass is 16.6. The maximum absolute atomic E-state index is 11.8. The van der Waals surface area contributed by atoms with Gasteiger partial charge in [-0.05, 0) is 43.4 Å². The fraction of sp³-hybridized carbons (Fsp3) is 0.529. The van der Waals surface area contributed by atoms with Crippen molar-refractivity contribution in [3.05, 3.63) is 29.8 Å². The van der Waals surface area contributed by atoms with Crippen molar-refractivity contribution in [2.75, 3.05) is 18.5 Å². The fourth-order valence-corrected chi connectivity index (χ4v) is 2.33.